The van der Waals surface area contributed by atoms with Crippen LogP contribution in [0.3, 0.4) is 0 Å². The van der Waals surface area contributed by atoms with Crippen molar-refractivity contribution in [1.82, 2.24) is 0 Å². The standard InChI is InChI=1S/C5H12ClN.C4H6O2/c1-4(2)3-5(6)7;1-3(2)4(5)6/h4-5H,3,7H2,1-2H3;1H2,2H3,(H,5,6). The molecule has 0 fully saturated rings. The first-order valence-corrected chi connectivity index (χ1v) is 4.49. The predicted molar refractivity (Wildman–Crippen MR) is 55.7 cm³/mol. The zero-order chi connectivity index (χ0) is 11.0. The zero-order valence-electron chi connectivity index (χ0n) is 8.38. The molecule has 0 bridgehead atoms. The van der Waals surface area contributed by atoms with Gasteiger partial charge in [-0.25, -0.2) is 4.79 Å². The van der Waals surface area contributed by atoms with Crippen LogP contribution in [0.1, 0.15) is 27.2 Å². The molecule has 1 atom stereocenters. The van der Waals surface area contributed by atoms with Crippen LogP contribution in [0.2, 0.25) is 0 Å². The Morgan fingerprint density at radius 1 is 1.62 bits per heavy atom. The van der Waals surface area contributed by atoms with Crippen molar-refractivity contribution in [2.75, 3.05) is 0 Å². The molecule has 0 rings (SSSR count). The maximum absolute atomic E-state index is 9.60. The van der Waals surface area contributed by atoms with Crippen molar-refractivity contribution < 1.29 is 9.90 Å². The smallest absolute Gasteiger partial charge is 0.330 e. The second-order valence-corrected chi connectivity index (χ2v) is 3.79. The molecule has 0 aromatic heterocycles. The van der Waals surface area contributed by atoms with E-state index < -0.39 is 5.97 Å². The monoisotopic (exact) mass is 207 g/mol. The lowest BCUT2D eigenvalue weighted by atomic mass is 10.1. The highest BCUT2D eigenvalue weighted by Crippen LogP contribution is 2.04. The minimum absolute atomic E-state index is 0.153. The van der Waals surface area contributed by atoms with Gasteiger partial charge in [0.2, 0.25) is 0 Å². The molecular weight excluding hydrogens is 190 g/mol. The zero-order valence-corrected chi connectivity index (χ0v) is 9.14. The second-order valence-electron chi connectivity index (χ2n) is 3.23. The van der Waals surface area contributed by atoms with Gasteiger partial charge in [0, 0.05) is 5.57 Å². The summed E-state index contributed by atoms with van der Waals surface area (Å²) in [5.41, 5.74) is 5.28. The van der Waals surface area contributed by atoms with Crippen LogP contribution in [0, 0.1) is 5.92 Å². The first-order chi connectivity index (χ1) is 5.77. The van der Waals surface area contributed by atoms with Crippen molar-refractivity contribution in [3.8, 4) is 0 Å². The summed E-state index contributed by atoms with van der Waals surface area (Å²) >= 11 is 5.45. The van der Waals surface area contributed by atoms with Gasteiger partial charge in [-0.3, -0.25) is 0 Å². The van der Waals surface area contributed by atoms with Gasteiger partial charge in [0.25, 0.3) is 0 Å². The van der Waals surface area contributed by atoms with Crippen LogP contribution in [0.25, 0.3) is 0 Å². The van der Waals surface area contributed by atoms with E-state index >= 15 is 0 Å². The Labute approximate surface area is 84.6 Å². The van der Waals surface area contributed by atoms with E-state index in [1.54, 1.807) is 0 Å². The normalized spacial score (nSPS) is 11.5. The van der Waals surface area contributed by atoms with Crippen LogP contribution in [-0.2, 0) is 4.79 Å². The largest absolute Gasteiger partial charge is 0.478 e. The molecule has 0 aliphatic rings. The summed E-state index contributed by atoms with van der Waals surface area (Å²) < 4.78 is 0. The highest BCUT2D eigenvalue weighted by atomic mass is 35.5. The third kappa shape index (κ3) is 18.4. The minimum atomic E-state index is -0.935. The number of carbonyl (C=O) groups is 1. The van der Waals surface area contributed by atoms with E-state index in [9.17, 15) is 4.79 Å². The third-order valence-corrected chi connectivity index (χ3v) is 1.24. The van der Waals surface area contributed by atoms with Crippen molar-refractivity contribution in [2.24, 2.45) is 11.7 Å². The lowest BCUT2D eigenvalue weighted by Crippen LogP contribution is -2.13. The molecule has 78 valence electrons. The van der Waals surface area contributed by atoms with E-state index in [4.69, 9.17) is 22.4 Å². The Kier molecular flexibility index (Phi) is 9.29. The van der Waals surface area contributed by atoms with Crippen LogP contribution < -0.4 is 5.73 Å². The number of aliphatic carboxylic acids is 1. The second kappa shape index (κ2) is 8.08. The number of hydrogen-bond acceptors (Lipinski definition) is 2. The van der Waals surface area contributed by atoms with E-state index in [-0.39, 0.29) is 11.1 Å². The molecule has 0 heterocycles. The molecule has 13 heavy (non-hydrogen) atoms. The van der Waals surface area contributed by atoms with Crippen LogP contribution in [0.4, 0.5) is 0 Å². The van der Waals surface area contributed by atoms with E-state index in [0.29, 0.717) is 5.92 Å². The molecule has 0 radical (unpaired) electrons. The van der Waals surface area contributed by atoms with Gasteiger partial charge in [-0.2, -0.15) is 0 Å². The van der Waals surface area contributed by atoms with Crippen LogP contribution in [-0.4, -0.2) is 16.6 Å². The fourth-order valence-electron chi connectivity index (χ4n) is 0.450. The minimum Gasteiger partial charge on any atom is -0.478 e. The summed E-state index contributed by atoms with van der Waals surface area (Å²) in [6.07, 6.45) is 0.904. The molecule has 0 aliphatic carbocycles. The number of nitrogens with two attached hydrogens (primary N) is 1. The number of carboxylic acids is 1. The molecular formula is C9H18ClNO2. The van der Waals surface area contributed by atoms with Gasteiger partial charge in [0.1, 0.15) is 0 Å². The number of carboxylic acid groups (broad SMARTS) is 1. The molecule has 0 amide bonds. The molecule has 3 nitrogen and oxygen atoms in total. The maximum atomic E-state index is 9.60. The maximum Gasteiger partial charge on any atom is 0.330 e. The summed E-state index contributed by atoms with van der Waals surface area (Å²) in [5, 5.41) is 7.89. The highest BCUT2D eigenvalue weighted by molar-refractivity contribution is 6.20. The average Bonchev–Trinajstić information content (AvgIpc) is 1.84. The van der Waals surface area contributed by atoms with Crippen molar-refractivity contribution >= 4 is 17.6 Å². The lowest BCUT2D eigenvalue weighted by Gasteiger charge is -2.03. The summed E-state index contributed by atoms with van der Waals surface area (Å²) in [7, 11) is 0. The molecule has 3 N–H and O–H groups in total. The van der Waals surface area contributed by atoms with Gasteiger partial charge in [0.15, 0.2) is 0 Å². The fraction of sp³-hybridized carbons (Fsp3) is 0.667. The van der Waals surface area contributed by atoms with E-state index in [0.717, 1.165) is 6.42 Å². The Hall–Kier alpha value is -0.540. The van der Waals surface area contributed by atoms with Gasteiger partial charge in [-0.1, -0.05) is 20.4 Å². The van der Waals surface area contributed by atoms with Crippen molar-refractivity contribution in [2.45, 2.75) is 32.7 Å². The Morgan fingerprint density at radius 2 is 1.92 bits per heavy atom. The molecule has 0 spiro atoms. The van der Waals surface area contributed by atoms with E-state index in [2.05, 4.69) is 20.4 Å². The average molecular weight is 208 g/mol. The SMILES string of the molecule is C=C(C)C(=O)O.CC(C)CC(N)Cl. The van der Waals surface area contributed by atoms with Gasteiger partial charge >= 0.3 is 5.97 Å². The molecule has 0 saturated carbocycles. The van der Waals surface area contributed by atoms with Crippen LogP contribution in [0.15, 0.2) is 12.2 Å². The number of halogens is 1. The lowest BCUT2D eigenvalue weighted by molar-refractivity contribution is -0.132. The topological polar surface area (TPSA) is 63.3 Å². The van der Waals surface area contributed by atoms with Crippen molar-refractivity contribution in [3.05, 3.63) is 12.2 Å². The van der Waals surface area contributed by atoms with Crippen molar-refractivity contribution in [3.63, 3.8) is 0 Å². The van der Waals surface area contributed by atoms with Crippen LogP contribution in [0.5, 0.6) is 0 Å². The summed E-state index contributed by atoms with van der Waals surface area (Å²) in [5.74, 6) is -0.317. The first-order valence-electron chi connectivity index (χ1n) is 4.05. The first kappa shape index (κ1) is 15.0. The van der Waals surface area contributed by atoms with Gasteiger partial charge in [-0.05, 0) is 19.3 Å². The molecule has 0 aromatic carbocycles. The van der Waals surface area contributed by atoms with E-state index in [1.807, 2.05) is 0 Å². The van der Waals surface area contributed by atoms with Crippen LogP contribution >= 0.6 is 11.6 Å². The summed E-state index contributed by atoms with van der Waals surface area (Å²) in [6.45, 7) is 8.80. The van der Waals surface area contributed by atoms with Gasteiger partial charge in [-0.15, -0.1) is 11.6 Å². The number of alkyl halides is 1. The van der Waals surface area contributed by atoms with E-state index in [1.165, 1.54) is 6.92 Å². The fourth-order valence-corrected chi connectivity index (χ4v) is 0.807. The quantitative estimate of drug-likeness (QED) is 0.424. The Morgan fingerprint density at radius 3 is 1.92 bits per heavy atom. The Balaban J connectivity index is 0. The van der Waals surface area contributed by atoms with Gasteiger partial charge < -0.3 is 10.8 Å². The van der Waals surface area contributed by atoms with Crippen molar-refractivity contribution in [1.29, 1.82) is 0 Å². The predicted octanol–water partition coefficient (Wildman–Crippen LogP) is 2.20. The molecule has 0 saturated heterocycles. The Bertz CT molecular complexity index is 149. The highest BCUT2D eigenvalue weighted by Gasteiger charge is 1.98. The summed E-state index contributed by atoms with van der Waals surface area (Å²) in [4.78, 5) is 9.60. The third-order valence-electron chi connectivity index (χ3n) is 1.06. The molecule has 4 heteroatoms. The number of hydrogen-bond donors (Lipinski definition) is 2. The summed E-state index contributed by atoms with van der Waals surface area (Å²) in [6, 6.07) is 0. The van der Waals surface area contributed by atoms with Gasteiger partial charge in [0.05, 0.1) is 5.50 Å². The number of rotatable bonds is 3. The molecule has 0 aromatic rings. The molecule has 0 aliphatic heterocycles. The molecule has 1 unspecified atom stereocenters.